The normalized spacial score (nSPS) is 16.2. The van der Waals surface area contributed by atoms with Crippen LogP contribution in [0.1, 0.15) is 35.7 Å². The van der Waals surface area contributed by atoms with Gasteiger partial charge in [0, 0.05) is 25.8 Å². The Balaban J connectivity index is 1.33. The molecular weight excluding hydrogens is 406 g/mol. The van der Waals surface area contributed by atoms with Gasteiger partial charge in [0.1, 0.15) is 5.56 Å². The van der Waals surface area contributed by atoms with Crippen LogP contribution in [0.4, 0.5) is 5.13 Å². The van der Waals surface area contributed by atoms with Gasteiger partial charge in [-0.05, 0) is 36.5 Å². The zero-order valence-electron chi connectivity index (χ0n) is 16.5. The molecule has 0 saturated carbocycles. The third kappa shape index (κ3) is 3.47. The molecule has 0 bridgehead atoms. The molecule has 0 unspecified atom stereocenters. The van der Waals surface area contributed by atoms with Gasteiger partial charge in [-0.3, -0.25) is 9.59 Å². The Labute approximate surface area is 176 Å². The van der Waals surface area contributed by atoms with E-state index in [1.807, 2.05) is 12.1 Å². The van der Waals surface area contributed by atoms with Crippen LogP contribution < -0.4 is 25.2 Å². The SMILES string of the molecule is CC1CCN(c2nn3c(=O)c(C(=O)NCc4ccc5c(c4)OCO5)cnc3s2)CC1. The van der Waals surface area contributed by atoms with E-state index in [0.29, 0.717) is 22.4 Å². The van der Waals surface area contributed by atoms with E-state index in [1.54, 1.807) is 6.07 Å². The maximum absolute atomic E-state index is 12.8. The molecule has 5 rings (SSSR count). The highest BCUT2D eigenvalue weighted by molar-refractivity contribution is 7.20. The standard InChI is InChI=1S/C20H21N5O4S/c1-12-4-6-24(7-5-12)20-23-25-18(27)14(10-22-19(25)30-20)17(26)21-9-13-2-3-15-16(8-13)29-11-28-15/h2-3,8,10,12H,4-7,9,11H2,1H3,(H,21,26). The molecule has 1 fully saturated rings. The topological polar surface area (TPSA) is 98.1 Å². The maximum Gasteiger partial charge on any atom is 0.288 e. The second-order valence-electron chi connectivity index (χ2n) is 7.60. The average Bonchev–Trinajstić information content (AvgIpc) is 3.40. The molecule has 2 aromatic heterocycles. The first-order valence-electron chi connectivity index (χ1n) is 9.89. The number of fused-ring (bicyclic) bond motifs is 2. The van der Waals surface area contributed by atoms with Crippen LogP contribution in [0, 0.1) is 5.92 Å². The van der Waals surface area contributed by atoms with E-state index in [-0.39, 0.29) is 18.9 Å². The van der Waals surface area contributed by atoms with Gasteiger partial charge >= 0.3 is 0 Å². The summed E-state index contributed by atoms with van der Waals surface area (Å²) in [5, 5.41) is 7.97. The Kier molecular flexibility index (Phi) is 4.78. The van der Waals surface area contributed by atoms with Crippen LogP contribution in [0.3, 0.4) is 0 Å². The summed E-state index contributed by atoms with van der Waals surface area (Å²) in [4.78, 5) is 32.4. The Bertz CT molecular complexity index is 1170. The molecular formula is C20H21N5O4S. The third-order valence-electron chi connectivity index (χ3n) is 5.47. The summed E-state index contributed by atoms with van der Waals surface area (Å²) in [6, 6.07) is 5.45. The van der Waals surface area contributed by atoms with E-state index in [9.17, 15) is 9.59 Å². The molecule has 4 heterocycles. The molecule has 1 saturated heterocycles. The Morgan fingerprint density at radius 2 is 2.07 bits per heavy atom. The highest BCUT2D eigenvalue weighted by Crippen LogP contribution is 2.32. The van der Waals surface area contributed by atoms with E-state index in [0.717, 1.165) is 36.6 Å². The largest absolute Gasteiger partial charge is 0.454 e. The second kappa shape index (κ2) is 7.60. The van der Waals surface area contributed by atoms with Gasteiger partial charge in [0.15, 0.2) is 11.5 Å². The minimum absolute atomic E-state index is 0.0302. The number of nitrogens with one attached hydrogen (secondary N) is 1. The fourth-order valence-electron chi connectivity index (χ4n) is 3.59. The number of nitrogens with zero attached hydrogens (tertiary/aromatic N) is 4. The number of anilines is 1. The van der Waals surface area contributed by atoms with Gasteiger partial charge in [0.2, 0.25) is 16.9 Å². The quantitative estimate of drug-likeness (QED) is 0.680. The summed E-state index contributed by atoms with van der Waals surface area (Å²) >= 11 is 1.37. The number of ether oxygens (including phenoxy) is 2. The molecule has 10 heteroatoms. The van der Waals surface area contributed by atoms with Crippen LogP contribution in [0.25, 0.3) is 4.96 Å². The Morgan fingerprint density at radius 3 is 2.90 bits per heavy atom. The molecule has 2 aliphatic rings. The van der Waals surface area contributed by atoms with Crippen molar-refractivity contribution < 1.29 is 14.3 Å². The van der Waals surface area contributed by atoms with E-state index in [4.69, 9.17) is 9.47 Å². The first-order chi connectivity index (χ1) is 14.6. The summed E-state index contributed by atoms with van der Waals surface area (Å²) < 4.78 is 11.9. The number of carbonyl (C=O) groups excluding carboxylic acids is 1. The van der Waals surface area contributed by atoms with Gasteiger partial charge in [-0.25, -0.2) is 4.98 Å². The van der Waals surface area contributed by atoms with Crippen LogP contribution in [0.2, 0.25) is 0 Å². The molecule has 1 N–H and O–H groups in total. The van der Waals surface area contributed by atoms with E-state index in [2.05, 4.69) is 27.2 Å². The summed E-state index contributed by atoms with van der Waals surface area (Å²) in [6.45, 7) is 4.53. The number of piperidine rings is 1. The van der Waals surface area contributed by atoms with Crippen molar-refractivity contribution in [2.24, 2.45) is 5.92 Å². The highest BCUT2D eigenvalue weighted by Gasteiger charge is 2.22. The van der Waals surface area contributed by atoms with Crippen LogP contribution in [-0.4, -0.2) is 40.4 Å². The zero-order chi connectivity index (χ0) is 20.7. The van der Waals surface area contributed by atoms with Crippen molar-refractivity contribution in [3.8, 4) is 11.5 Å². The molecule has 0 atom stereocenters. The van der Waals surface area contributed by atoms with Crippen molar-refractivity contribution in [3.63, 3.8) is 0 Å². The molecule has 3 aromatic rings. The van der Waals surface area contributed by atoms with Gasteiger partial charge in [-0.1, -0.05) is 24.3 Å². The van der Waals surface area contributed by atoms with Crippen molar-refractivity contribution in [1.82, 2.24) is 19.9 Å². The van der Waals surface area contributed by atoms with Gasteiger partial charge in [0.25, 0.3) is 11.5 Å². The predicted octanol–water partition coefficient (Wildman–Crippen LogP) is 2.05. The minimum atomic E-state index is -0.485. The smallest absolute Gasteiger partial charge is 0.288 e. The van der Waals surface area contributed by atoms with Crippen LogP contribution in [-0.2, 0) is 6.54 Å². The number of aromatic nitrogens is 3. The lowest BCUT2D eigenvalue weighted by Crippen LogP contribution is -2.33. The lowest BCUT2D eigenvalue weighted by Gasteiger charge is -2.29. The monoisotopic (exact) mass is 427 g/mol. The fraction of sp³-hybridized carbons (Fsp3) is 0.400. The third-order valence-corrected chi connectivity index (χ3v) is 6.45. The Morgan fingerprint density at radius 1 is 1.27 bits per heavy atom. The van der Waals surface area contributed by atoms with Crippen molar-refractivity contribution in [2.75, 3.05) is 24.8 Å². The van der Waals surface area contributed by atoms with Crippen LogP contribution >= 0.6 is 11.3 Å². The average molecular weight is 427 g/mol. The molecule has 156 valence electrons. The van der Waals surface area contributed by atoms with Crippen molar-refractivity contribution in [2.45, 2.75) is 26.3 Å². The number of carbonyl (C=O) groups is 1. The van der Waals surface area contributed by atoms with Gasteiger partial charge in [0.05, 0.1) is 0 Å². The number of benzene rings is 1. The van der Waals surface area contributed by atoms with E-state index in [1.165, 1.54) is 22.0 Å². The highest BCUT2D eigenvalue weighted by atomic mass is 32.1. The van der Waals surface area contributed by atoms with Crippen LogP contribution in [0.15, 0.2) is 29.2 Å². The number of rotatable bonds is 4. The number of hydrogen-bond donors (Lipinski definition) is 1. The molecule has 2 aliphatic heterocycles. The van der Waals surface area contributed by atoms with Crippen molar-refractivity contribution >= 4 is 27.3 Å². The molecule has 9 nitrogen and oxygen atoms in total. The predicted molar refractivity (Wildman–Crippen MR) is 111 cm³/mol. The van der Waals surface area contributed by atoms with Crippen molar-refractivity contribution in [1.29, 1.82) is 0 Å². The van der Waals surface area contributed by atoms with Gasteiger partial charge < -0.3 is 19.7 Å². The van der Waals surface area contributed by atoms with Gasteiger partial charge in [-0.15, -0.1) is 5.10 Å². The summed E-state index contributed by atoms with van der Waals surface area (Å²) in [6.07, 6.45) is 3.53. The van der Waals surface area contributed by atoms with E-state index < -0.39 is 11.5 Å². The second-order valence-corrected chi connectivity index (χ2v) is 8.53. The molecule has 30 heavy (non-hydrogen) atoms. The number of hydrogen-bond acceptors (Lipinski definition) is 8. The zero-order valence-corrected chi connectivity index (χ0v) is 17.3. The first kappa shape index (κ1) is 18.9. The van der Waals surface area contributed by atoms with Crippen molar-refractivity contribution in [3.05, 3.63) is 45.9 Å². The summed E-state index contributed by atoms with van der Waals surface area (Å²) in [5.74, 6) is 1.55. The summed E-state index contributed by atoms with van der Waals surface area (Å²) in [5.41, 5.74) is 0.352. The Hall–Kier alpha value is -3.14. The minimum Gasteiger partial charge on any atom is -0.454 e. The lowest BCUT2D eigenvalue weighted by atomic mass is 10.00. The fourth-order valence-corrected chi connectivity index (χ4v) is 4.50. The summed E-state index contributed by atoms with van der Waals surface area (Å²) in [7, 11) is 0. The van der Waals surface area contributed by atoms with Gasteiger partial charge in [-0.2, -0.15) is 4.52 Å². The molecule has 0 aliphatic carbocycles. The molecule has 1 aromatic carbocycles. The molecule has 1 amide bonds. The lowest BCUT2D eigenvalue weighted by molar-refractivity contribution is 0.0948. The number of amides is 1. The first-order valence-corrected chi connectivity index (χ1v) is 10.7. The van der Waals surface area contributed by atoms with Crippen LogP contribution in [0.5, 0.6) is 11.5 Å². The molecule has 0 spiro atoms. The molecule has 0 radical (unpaired) electrons. The van der Waals surface area contributed by atoms with E-state index >= 15 is 0 Å². The maximum atomic E-state index is 12.8.